The number of hydrogen-bond donors (Lipinski definition) is 2. The Kier molecular flexibility index (Phi) is 12.1. The van der Waals surface area contributed by atoms with Gasteiger partial charge in [-0.05, 0) is 62.8 Å². The second-order valence-electron chi connectivity index (χ2n) is 9.20. The number of carbonyl (C=O) groups excluding carboxylic acids is 1. The van der Waals surface area contributed by atoms with E-state index in [9.17, 15) is 14.7 Å². The number of aliphatic hydroxyl groups is 1. The Bertz CT molecular complexity index is 703. The minimum atomic E-state index is -0.770. The van der Waals surface area contributed by atoms with Crippen molar-refractivity contribution in [3.8, 4) is 0 Å². The highest BCUT2D eigenvalue weighted by atomic mass is 16.4. The van der Waals surface area contributed by atoms with Gasteiger partial charge in [-0.3, -0.25) is 9.59 Å². The number of amides is 1. The Morgan fingerprint density at radius 3 is 2.66 bits per heavy atom. The summed E-state index contributed by atoms with van der Waals surface area (Å²) in [6.07, 6.45) is 13.9. The molecule has 0 saturated carbocycles. The number of carboxylic acids is 1. The molecule has 0 spiro atoms. The quantitative estimate of drug-likeness (QED) is 0.266. The lowest BCUT2D eigenvalue weighted by Crippen LogP contribution is -2.34. The fourth-order valence-electron chi connectivity index (χ4n) is 4.48. The monoisotopic (exact) mass is 443 g/mol. The number of carbonyl (C=O) groups is 2. The fourth-order valence-corrected chi connectivity index (χ4v) is 4.48. The van der Waals surface area contributed by atoms with Crippen LogP contribution in [0.2, 0.25) is 0 Å². The lowest BCUT2D eigenvalue weighted by atomic mass is 9.92. The average molecular weight is 444 g/mol. The number of aliphatic hydroxyl groups excluding tert-OH is 1. The van der Waals surface area contributed by atoms with Gasteiger partial charge in [-0.1, -0.05) is 62.2 Å². The highest BCUT2D eigenvalue weighted by Crippen LogP contribution is 2.25. The molecule has 0 aliphatic carbocycles. The second-order valence-corrected chi connectivity index (χ2v) is 9.20. The molecule has 0 unspecified atom stereocenters. The summed E-state index contributed by atoms with van der Waals surface area (Å²) in [7, 11) is 0. The van der Waals surface area contributed by atoms with Gasteiger partial charge in [0, 0.05) is 25.4 Å². The van der Waals surface area contributed by atoms with Gasteiger partial charge in [0.05, 0.1) is 6.10 Å². The topological polar surface area (TPSA) is 77.8 Å². The normalized spacial score (nSPS) is 18.4. The van der Waals surface area contributed by atoms with Crippen molar-refractivity contribution in [1.82, 2.24) is 4.90 Å². The van der Waals surface area contributed by atoms with Crippen LogP contribution in [0.4, 0.5) is 0 Å². The lowest BCUT2D eigenvalue weighted by molar-refractivity contribution is -0.137. The third kappa shape index (κ3) is 9.99. The van der Waals surface area contributed by atoms with Crippen LogP contribution < -0.4 is 0 Å². The van der Waals surface area contributed by atoms with E-state index in [1.807, 2.05) is 17.1 Å². The molecular weight excluding hydrogens is 402 g/mol. The van der Waals surface area contributed by atoms with Crippen molar-refractivity contribution in [2.45, 2.75) is 96.1 Å². The Balaban J connectivity index is 1.61. The smallest absolute Gasteiger partial charge is 0.303 e. The van der Waals surface area contributed by atoms with Crippen LogP contribution in [0, 0.1) is 5.92 Å². The van der Waals surface area contributed by atoms with Crippen molar-refractivity contribution >= 4 is 11.9 Å². The first-order chi connectivity index (χ1) is 15.5. The molecule has 1 aromatic rings. The van der Waals surface area contributed by atoms with Crippen LogP contribution >= 0.6 is 0 Å². The molecule has 1 heterocycles. The molecule has 5 nitrogen and oxygen atoms in total. The van der Waals surface area contributed by atoms with Crippen molar-refractivity contribution in [3.05, 3.63) is 48.0 Å². The summed E-state index contributed by atoms with van der Waals surface area (Å²) in [5.41, 5.74) is 1.39. The van der Waals surface area contributed by atoms with Crippen LogP contribution in [0.15, 0.2) is 42.5 Å². The highest BCUT2D eigenvalue weighted by molar-refractivity contribution is 5.78. The number of hydrogen-bond acceptors (Lipinski definition) is 3. The minimum Gasteiger partial charge on any atom is -0.481 e. The molecule has 1 aliphatic heterocycles. The van der Waals surface area contributed by atoms with E-state index in [0.29, 0.717) is 19.4 Å². The SMILES string of the molecule is C[C@@H](CCCCCc1ccccc1)[C@H](O)CC[C@H]1CCC(=O)N1C/C=C\CCCC(=O)O. The molecule has 2 rings (SSSR count). The molecule has 0 bridgehead atoms. The van der Waals surface area contributed by atoms with Gasteiger partial charge in [-0.15, -0.1) is 0 Å². The third-order valence-corrected chi connectivity index (χ3v) is 6.60. The third-order valence-electron chi connectivity index (χ3n) is 6.60. The number of benzene rings is 1. The van der Waals surface area contributed by atoms with Gasteiger partial charge in [-0.25, -0.2) is 0 Å². The molecule has 1 fully saturated rings. The molecule has 5 heteroatoms. The summed E-state index contributed by atoms with van der Waals surface area (Å²) in [6.45, 7) is 2.73. The Labute approximate surface area is 193 Å². The molecule has 3 atom stereocenters. The highest BCUT2D eigenvalue weighted by Gasteiger charge is 2.30. The zero-order valence-electron chi connectivity index (χ0n) is 19.6. The van der Waals surface area contributed by atoms with Crippen LogP contribution in [0.25, 0.3) is 0 Å². The van der Waals surface area contributed by atoms with Crippen LogP contribution in [-0.2, 0) is 16.0 Å². The molecule has 1 saturated heterocycles. The molecular formula is C27H41NO4. The van der Waals surface area contributed by atoms with Crippen molar-refractivity contribution in [1.29, 1.82) is 0 Å². The van der Waals surface area contributed by atoms with Gasteiger partial charge in [0.2, 0.25) is 5.91 Å². The van der Waals surface area contributed by atoms with E-state index in [2.05, 4.69) is 37.3 Å². The predicted octanol–water partition coefficient (Wildman–Crippen LogP) is 5.37. The van der Waals surface area contributed by atoms with Gasteiger partial charge in [0.25, 0.3) is 0 Å². The van der Waals surface area contributed by atoms with E-state index in [1.165, 1.54) is 18.4 Å². The minimum absolute atomic E-state index is 0.179. The maximum Gasteiger partial charge on any atom is 0.303 e. The first kappa shape index (κ1) is 26.1. The molecule has 0 radical (unpaired) electrons. The number of allylic oxidation sites excluding steroid dienone is 1. The molecule has 0 aromatic heterocycles. The molecule has 178 valence electrons. The van der Waals surface area contributed by atoms with E-state index in [1.54, 1.807) is 0 Å². The van der Waals surface area contributed by atoms with E-state index >= 15 is 0 Å². The van der Waals surface area contributed by atoms with Crippen LogP contribution in [0.5, 0.6) is 0 Å². The largest absolute Gasteiger partial charge is 0.481 e. The van der Waals surface area contributed by atoms with Gasteiger partial charge in [-0.2, -0.15) is 0 Å². The molecule has 1 amide bonds. The van der Waals surface area contributed by atoms with E-state index in [4.69, 9.17) is 5.11 Å². The number of aliphatic carboxylic acids is 1. The van der Waals surface area contributed by atoms with Crippen LogP contribution in [-0.4, -0.2) is 45.7 Å². The van der Waals surface area contributed by atoms with E-state index in [-0.39, 0.29) is 30.4 Å². The van der Waals surface area contributed by atoms with Crippen molar-refractivity contribution < 1.29 is 19.8 Å². The van der Waals surface area contributed by atoms with Crippen LogP contribution in [0.1, 0.15) is 83.1 Å². The Morgan fingerprint density at radius 1 is 1.12 bits per heavy atom. The maximum absolute atomic E-state index is 12.2. The average Bonchev–Trinajstić information content (AvgIpc) is 3.13. The first-order valence-corrected chi connectivity index (χ1v) is 12.4. The number of carboxylic acid groups (broad SMARTS) is 1. The summed E-state index contributed by atoms with van der Waals surface area (Å²) < 4.78 is 0. The van der Waals surface area contributed by atoms with Crippen LogP contribution in [0.3, 0.4) is 0 Å². The maximum atomic E-state index is 12.2. The van der Waals surface area contributed by atoms with Gasteiger partial charge in [0.15, 0.2) is 0 Å². The van der Waals surface area contributed by atoms with E-state index in [0.717, 1.165) is 44.9 Å². The summed E-state index contributed by atoms with van der Waals surface area (Å²) in [5.74, 6) is -0.300. The summed E-state index contributed by atoms with van der Waals surface area (Å²) in [6, 6.07) is 10.8. The molecule has 1 aromatic carbocycles. The lowest BCUT2D eigenvalue weighted by Gasteiger charge is -2.26. The van der Waals surface area contributed by atoms with Gasteiger partial charge < -0.3 is 15.1 Å². The molecule has 1 aliphatic rings. The molecule has 2 N–H and O–H groups in total. The standard InChI is InChI=1S/C27H41NO4/c1-22(12-6-4-7-13-23-14-8-5-9-15-23)25(29)19-17-24-18-20-26(30)28(24)21-11-3-2-10-16-27(31)32/h3,5,8-9,11,14-15,22,24-25,29H,2,4,6-7,10,12-13,16-21H2,1H3,(H,31,32)/b11-3-/t22-,24-,25+/m0/s1. The first-order valence-electron chi connectivity index (χ1n) is 12.4. The Morgan fingerprint density at radius 2 is 1.91 bits per heavy atom. The number of aryl methyl sites for hydroxylation is 1. The number of rotatable bonds is 16. The zero-order chi connectivity index (χ0) is 23.2. The van der Waals surface area contributed by atoms with Gasteiger partial charge >= 0.3 is 5.97 Å². The zero-order valence-corrected chi connectivity index (χ0v) is 19.6. The summed E-state index contributed by atoms with van der Waals surface area (Å²) in [5, 5.41) is 19.3. The van der Waals surface area contributed by atoms with Gasteiger partial charge in [0.1, 0.15) is 0 Å². The summed E-state index contributed by atoms with van der Waals surface area (Å²) >= 11 is 0. The number of nitrogens with zero attached hydrogens (tertiary/aromatic N) is 1. The van der Waals surface area contributed by atoms with Crippen molar-refractivity contribution in [2.75, 3.05) is 6.54 Å². The number of likely N-dealkylation sites (tertiary alicyclic amines) is 1. The second kappa shape index (κ2) is 14.8. The molecule has 32 heavy (non-hydrogen) atoms. The van der Waals surface area contributed by atoms with E-state index < -0.39 is 5.97 Å². The predicted molar refractivity (Wildman–Crippen MR) is 128 cm³/mol. The fraction of sp³-hybridized carbons (Fsp3) is 0.630. The Hall–Kier alpha value is -2.14. The van der Waals surface area contributed by atoms with Crippen molar-refractivity contribution in [2.24, 2.45) is 5.92 Å². The van der Waals surface area contributed by atoms with Crippen molar-refractivity contribution in [3.63, 3.8) is 0 Å². The number of unbranched alkanes of at least 4 members (excludes halogenated alkanes) is 3. The summed E-state index contributed by atoms with van der Waals surface area (Å²) in [4.78, 5) is 24.7.